The summed E-state index contributed by atoms with van der Waals surface area (Å²) in [5.74, 6) is 0.780. The van der Waals surface area contributed by atoms with Crippen LogP contribution in [-0.4, -0.2) is 14.8 Å². The van der Waals surface area contributed by atoms with Gasteiger partial charge in [-0.3, -0.25) is 9.67 Å². The van der Waals surface area contributed by atoms with E-state index < -0.39 is 0 Å². The summed E-state index contributed by atoms with van der Waals surface area (Å²) in [5.41, 5.74) is 1.87. The Morgan fingerprint density at radius 3 is 2.23 bits per heavy atom. The Morgan fingerprint density at radius 2 is 1.59 bits per heavy atom. The molecular formula is C15H12Cl2N4S. The molecule has 0 saturated carbocycles. The molecule has 0 aliphatic heterocycles. The molecule has 1 heterocycles. The first-order chi connectivity index (χ1) is 10.6. The van der Waals surface area contributed by atoms with E-state index in [9.17, 15) is 0 Å². The highest BCUT2D eigenvalue weighted by Gasteiger charge is 2.08. The topological polar surface area (TPSA) is 45.6 Å². The van der Waals surface area contributed by atoms with Crippen LogP contribution in [0.3, 0.4) is 0 Å². The van der Waals surface area contributed by atoms with Gasteiger partial charge in [0.25, 0.3) is 0 Å². The quantitative estimate of drug-likeness (QED) is 0.661. The molecule has 1 aromatic heterocycles. The van der Waals surface area contributed by atoms with Gasteiger partial charge in [-0.25, -0.2) is 0 Å². The molecule has 0 unspecified atom stereocenters. The van der Waals surface area contributed by atoms with Gasteiger partial charge in [0.2, 0.25) is 0 Å². The number of aromatic nitrogens is 3. The van der Waals surface area contributed by atoms with Crippen molar-refractivity contribution in [2.45, 2.75) is 6.54 Å². The van der Waals surface area contributed by atoms with Crippen LogP contribution in [0.25, 0.3) is 5.69 Å². The average molecular weight is 351 g/mol. The summed E-state index contributed by atoms with van der Waals surface area (Å²) in [6.45, 7) is 0.525. The third-order valence-corrected chi connectivity index (χ3v) is 3.90. The van der Waals surface area contributed by atoms with Gasteiger partial charge in [0.1, 0.15) is 0 Å². The van der Waals surface area contributed by atoms with E-state index in [0.717, 1.165) is 17.2 Å². The minimum absolute atomic E-state index is 0.525. The van der Waals surface area contributed by atoms with E-state index >= 15 is 0 Å². The third kappa shape index (κ3) is 3.32. The number of anilines is 1. The summed E-state index contributed by atoms with van der Waals surface area (Å²) < 4.78 is 2.41. The monoisotopic (exact) mass is 350 g/mol. The lowest BCUT2D eigenvalue weighted by atomic mass is 10.3. The summed E-state index contributed by atoms with van der Waals surface area (Å²) in [5, 5.41) is 11.8. The van der Waals surface area contributed by atoms with Crippen LogP contribution in [0.15, 0.2) is 48.5 Å². The molecule has 112 valence electrons. The summed E-state index contributed by atoms with van der Waals surface area (Å²) >= 11 is 17.1. The van der Waals surface area contributed by atoms with Crippen molar-refractivity contribution in [2.75, 3.05) is 5.32 Å². The van der Waals surface area contributed by atoms with E-state index in [0.29, 0.717) is 21.4 Å². The van der Waals surface area contributed by atoms with Gasteiger partial charge in [0, 0.05) is 21.4 Å². The first-order valence-electron chi connectivity index (χ1n) is 6.55. The molecule has 0 spiro atoms. The second-order valence-corrected chi connectivity index (χ2v) is 5.88. The highest BCUT2D eigenvalue weighted by molar-refractivity contribution is 7.71. The van der Waals surface area contributed by atoms with Crippen LogP contribution in [-0.2, 0) is 6.54 Å². The normalized spacial score (nSPS) is 10.6. The van der Waals surface area contributed by atoms with Gasteiger partial charge in [-0.2, -0.15) is 5.10 Å². The number of hydrogen-bond donors (Lipinski definition) is 2. The molecule has 0 amide bonds. The lowest BCUT2D eigenvalue weighted by molar-refractivity contribution is 0.888. The predicted molar refractivity (Wildman–Crippen MR) is 92.5 cm³/mol. The standard InChI is InChI=1S/C15H12Cl2N4S/c16-10-1-5-12(6-2-10)18-9-14-19-20-15(22)21(14)13-7-3-11(17)4-8-13/h1-8,18H,9H2,(H,20,22). The number of nitrogens with zero attached hydrogens (tertiary/aromatic N) is 2. The van der Waals surface area contributed by atoms with Gasteiger partial charge in [-0.15, -0.1) is 0 Å². The number of benzene rings is 2. The Bertz CT molecular complexity index is 822. The molecule has 2 aromatic carbocycles. The zero-order chi connectivity index (χ0) is 15.5. The number of hydrogen-bond acceptors (Lipinski definition) is 3. The van der Waals surface area contributed by atoms with Gasteiger partial charge < -0.3 is 5.32 Å². The average Bonchev–Trinajstić information content (AvgIpc) is 2.89. The van der Waals surface area contributed by atoms with E-state index in [1.807, 2.05) is 53.1 Å². The Hall–Kier alpha value is -1.82. The van der Waals surface area contributed by atoms with Crippen LogP contribution in [0.1, 0.15) is 5.82 Å². The van der Waals surface area contributed by atoms with Gasteiger partial charge >= 0.3 is 0 Å². The third-order valence-electron chi connectivity index (χ3n) is 3.12. The molecule has 3 aromatic rings. The molecule has 0 radical (unpaired) electrons. The smallest absolute Gasteiger partial charge is 0.199 e. The fourth-order valence-corrected chi connectivity index (χ4v) is 2.56. The first kappa shape index (κ1) is 15.1. The minimum Gasteiger partial charge on any atom is -0.378 e. The maximum absolute atomic E-state index is 5.92. The molecule has 3 rings (SSSR count). The maximum atomic E-state index is 5.92. The van der Waals surface area contributed by atoms with Crippen molar-refractivity contribution in [1.82, 2.24) is 14.8 Å². The Kier molecular flexibility index (Phi) is 4.47. The van der Waals surface area contributed by atoms with E-state index in [1.165, 1.54) is 0 Å². The van der Waals surface area contributed by atoms with Crippen molar-refractivity contribution < 1.29 is 0 Å². The zero-order valence-corrected chi connectivity index (χ0v) is 13.7. The van der Waals surface area contributed by atoms with E-state index in [4.69, 9.17) is 35.4 Å². The summed E-state index contributed by atoms with van der Waals surface area (Å²) in [7, 11) is 0. The van der Waals surface area contributed by atoms with Gasteiger partial charge in [-0.05, 0) is 60.7 Å². The van der Waals surface area contributed by atoms with E-state index in [-0.39, 0.29) is 0 Å². The molecule has 2 N–H and O–H groups in total. The molecule has 22 heavy (non-hydrogen) atoms. The number of aromatic amines is 1. The van der Waals surface area contributed by atoms with Crippen molar-refractivity contribution in [1.29, 1.82) is 0 Å². The van der Waals surface area contributed by atoms with Gasteiger partial charge in [-0.1, -0.05) is 23.2 Å². The number of halogens is 2. The summed E-state index contributed by atoms with van der Waals surface area (Å²) in [4.78, 5) is 0. The predicted octanol–water partition coefficient (Wildman–Crippen LogP) is 4.85. The second-order valence-electron chi connectivity index (χ2n) is 4.62. The fraction of sp³-hybridized carbons (Fsp3) is 0.0667. The fourth-order valence-electron chi connectivity index (χ4n) is 2.05. The van der Waals surface area contributed by atoms with Crippen molar-refractivity contribution in [3.8, 4) is 5.69 Å². The SMILES string of the molecule is S=c1[nH]nc(CNc2ccc(Cl)cc2)n1-c1ccc(Cl)cc1. The molecule has 0 bridgehead atoms. The summed E-state index contributed by atoms with van der Waals surface area (Å²) in [6.07, 6.45) is 0. The van der Waals surface area contributed by atoms with E-state index in [1.54, 1.807) is 0 Å². The molecule has 7 heteroatoms. The van der Waals surface area contributed by atoms with Crippen LogP contribution in [0, 0.1) is 4.77 Å². The molecule has 0 aliphatic rings. The Labute approximate surface area is 142 Å². The van der Waals surface area contributed by atoms with Crippen LogP contribution in [0.2, 0.25) is 10.0 Å². The van der Waals surface area contributed by atoms with Crippen LogP contribution in [0.4, 0.5) is 5.69 Å². The highest BCUT2D eigenvalue weighted by atomic mass is 35.5. The maximum Gasteiger partial charge on any atom is 0.199 e. The lowest BCUT2D eigenvalue weighted by Gasteiger charge is -2.09. The lowest BCUT2D eigenvalue weighted by Crippen LogP contribution is -2.07. The van der Waals surface area contributed by atoms with Crippen molar-refractivity contribution in [3.63, 3.8) is 0 Å². The van der Waals surface area contributed by atoms with Crippen LogP contribution < -0.4 is 5.32 Å². The molecule has 4 nitrogen and oxygen atoms in total. The Morgan fingerprint density at radius 1 is 1.00 bits per heavy atom. The molecule has 0 atom stereocenters. The Balaban J connectivity index is 1.84. The van der Waals surface area contributed by atoms with Crippen molar-refractivity contribution in [3.05, 3.63) is 69.2 Å². The number of nitrogens with one attached hydrogen (secondary N) is 2. The zero-order valence-electron chi connectivity index (χ0n) is 11.4. The first-order valence-corrected chi connectivity index (χ1v) is 7.71. The van der Waals surface area contributed by atoms with Crippen LogP contribution >= 0.6 is 35.4 Å². The van der Waals surface area contributed by atoms with Crippen molar-refractivity contribution in [2.24, 2.45) is 0 Å². The highest BCUT2D eigenvalue weighted by Crippen LogP contribution is 2.17. The number of rotatable bonds is 4. The van der Waals surface area contributed by atoms with E-state index in [2.05, 4.69) is 15.5 Å². The molecule has 0 fully saturated rings. The molecular weight excluding hydrogens is 339 g/mol. The van der Waals surface area contributed by atoms with Crippen LogP contribution in [0.5, 0.6) is 0 Å². The van der Waals surface area contributed by atoms with Crippen molar-refractivity contribution >= 4 is 41.1 Å². The largest absolute Gasteiger partial charge is 0.378 e. The van der Waals surface area contributed by atoms with Gasteiger partial charge in [0.05, 0.1) is 6.54 Å². The minimum atomic E-state index is 0.525. The molecule has 0 saturated heterocycles. The second kappa shape index (κ2) is 6.52. The summed E-state index contributed by atoms with van der Waals surface area (Å²) in [6, 6.07) is 14.9. The number of H-pyrrole nitrogens is 1. The van der Waals surface area contributed by atoms with Gasteiger partial charge in [0.15, 0.2) is 10.6 Å². The molecule has 0 aliphatic carbocycles.